The van der Waals surface area contributed by atoms with Crippen molar-refractivity contribution in [2.75, 3.05) is 26.4 Å². The van der Waals surface area contributed by atoms with Crippen molar-refractivity contribution in [2.24, 2.45) is 5.41 Å². The number of carboxylic acid groups (broad SMARTS) is 1. The van der Waals surface area contributed by atoms with Crippen LogP contribution in [0.15, 0.2) is 48.5 Å². The Balaban J connectivity index is 1.22. The summed E-state index contributed by atoms with van der Waals surface area (Å²) in [5, 5.41) is 14.9. The fourth-order valence-electron chi connectivity index (χ4n) is 5.19. The molecule has 2 saturated heterocycles. The Bertz CT molecular complexity index is 1110. The molecule has 5 rings (SSSR count). The number of hydrogen-bond donors (Lipinski definition) is 3. The van der Waals surface area contributed by atoms with Crippen LogP contribution in [0.5, 0.6) is 0 Å². The Labute approximate surface area is 202 Å². The third kappa shape index (κ3) is 4.26. The second kappa shape index (κ2) is 9.31. The van der Waals surface area contributed by atoms with E-state index in [1.807, 2.05) is 36.4 Å². The minimum absolute atomic E-state index is 0.0713. The van der Waals surface area contributed by atoms with E-state index in [0.717, 1.165) is 22.3 Å². The van der Waals surface area contributed by atoms with Crippen LogP contribution in [-0.4, -0.2) is 67.7 Å². The van der Waals surface area contributed by atoms with Crippen molar-refractivity contribution in [1.29, 1.82) is 0 Å². The van der Waals surface area contributed by atoms with Gasteiger partial charge in [-0.1, -0.05) is 48.5 Å². The summed E-state index contributed by atoms with van der Waals surface area (Å²) in [6, 6.07) is 14.9. The third-order valence-corrected chi connectivity index (χ3v) is 7.26. The van der Waals surface area contributed by atoms with Crippen LogP contribution in [0, 0.1) is 5.41 Å². The number of aliphatic carboxylic acids is 1. The molecule has 0 radical (unpaired) electrons. The Morgan fingerprint density at radius 3 is 2.37 bits per heavy atom. The first-order chi connectivity index (χ1) is 16.9. The number of carboxylic acids is 1. The zero-order valence-corrected chi connectivity index (χ0v) is 19.4. The van der Waals surface area contributed by atoms with E-state index in [4.69, 9.17) is 14.2 Å². The van der Waals surface area contributed by atoms with E-state index in [1.54, 1.807) is 6.92 Å². The number of carbonyl (C=O) groups excluding carboxylic acids is 2. The molecule has 9 heteroatoms. The summed E-state index contributed by atoms with van der Waals surface area (Å²) in [5.41, 5.74) is 3.43. The lowest BCUT2D eigenvalue weighted by molar-refractivity contribution is -0.148. The first-order valence-corrected chi connectivity index (χ1v) is 11.7. The molecule has 0 aromatic heterocycles. The van der Waals surface area contributed by atoms with Crippen LogP contribution in [0.4, 0.5) is 4.79 Å². The molecule has 2 amide bonds. The van der Waals surface area contributed by atoms with E-state index in [2.05, 4.69) is 22.8 Å². The maximum Gasteiger partial charge on any atom is 0.407 e. The van der Waals surface area contributed by atoms with Crippen molar-refractivity contribution in [1.82, 2.24) is 10.6 Å². The van der Waals surface area contributed by atoms with Gasteiger partial charge >= 0.3 is 12.1 Å². The minimum atomic E-state index is -1.12. The van der Waals surface area contributed by atoms with Gasteiger partial charge in [-0.05, 0) is 35.6 Å². The Hall–Kier alpha value is -3.43. The maximum atomic E-state index is 13.1. The average Bonchev–Trinajstić information content (AvgIpc) is 3.55. The van der Waals surface area contributed by atoms with Crippen molar-refractivity contribution >= 4 is 18.0 Å². The first-order valence-electron chi connectivity index (χ1n) is 11.7. The number of carbonyl (C=O) groups is 3. The Morgan fingerprint density at radius 2 is 1.71 bits per heavy atom. The van der Waals surface area contributed by atoms with E-state index in [9.17, 15) is 19.5 Å². The quantitative estimate of drug-likeness (QED) is 0.580. The van der Waals surface area contributed by atoms with Crippen molar-refractivity contribution in [3.05, 3.63) is 59.7 Å². The summed E-state index contributed by atoms with van der Waals surface area (Å²) in [6.45, 7) is 2.36. The monoisotopic (exact) mass is 480 g/mol. The van der Waals surface area contributed by atoms with E-state index in [-0.39, 0.29) is 38.3 Å². The largest absolute Gasteiger partial charge is 0.479 e. The highest BCUT2D eigenvalue weighted by Crippen LogP contribution is 2.44. The van der Waals surface area contributed by atoms with Gasteiger partial charge in [-0.25, -0.2) is 9.59 Å². The fraction of sp³-hybridized carbons (Fsp3) is 0.423. The zero-order valence-electron chi connectivity index (χ0n) is 19.4. The normalized spacial score (nSPS) is 27.2. The molecule has 0 bridgehead atoms. The molecular weight excluding hydrogens is 452 g/mol. The van der Waals surface area contributed by atoms with Crippen LogP contribution in [0.2, 0.25) is 0 Å². The SMILES string of the molecule is CC1(C(=O)N[C@H]2CCO[C@H]2C(=O)O)COCC1NC(=O)OCC1c2ccccc2-c2ccccc21. The van der Waals surface area contributed by atoms with Crippen molar-refractivity contribution < 1.29 is 33.7 Å². The lowest BCUT2D eigenvalue weighted by Crippen LogP contribution is -2.56. The molecule has 4 atom stereocenters. The number of fused-ring (bicyclic) bond motifs is 3. The summed E-state index contributed by atoms with van der Waals surface area (Å²) >= 11 is 0. The van der Waals surface area contributed by atoms with E-state index in [0.29, 0.717) is 6.42 Å². The zero-order chi connectivity index (χ0) is 24.6. The molecule has 9 nitrogen and oxygen atoms in total. The van der Waals surface area contributed by atoms with Gasteiger partial charge in [0, 0.05) is 12.5 Å². The van der Waals surface area contributed by atoms with Crippen molar-refractivity contribution in [3.8, 4) is 11.1 Å². The lowest BCUT2D eigenvalue weighted by atomic mass is 9.84. The molecule has 2 heterocycles. The van der Waals surface area contributed by atoms with Crippen LogP contribution in [0.1, 0.15) is 30.4 Å². The number of alkyl carbamates (subject to hydrolysis) is 1. The smallest absolute Gasteiger partial charge is 0.407 e. The molecule has 3 aliphatic rings. The summed E-state index contributed by atoms with van der Waals surface area (Å²) in [4.78, 5) is 37.2. The molecule has 35 heavy (non-hydrogen) atoms. The standard InChI is InChI=1S/C26H28N2O7/c1-26(24(31)27-20-10-11-34-22(20)23(29)30)14-33-13-21(26)28-25(32)35-12-19-17-8-4-2-6-15(17)16-7-3-5-9-18(16)19/h2-9,19-22H,10-14H2,1H3,(H,27,31)(H,28,32)(H,29,30)/t20-,21?,22+,26?/m0/s1. The summed E-state index contributed by atoms with van der Waals surface area (Å²) in [6.07, 6.45) is -1.31. The number of nitrogens with one attached hydrogen (secondary N) is 2. The molecule has 2 aromatic carbocycles. The van der Waals surface area contributed by atoms with Crippen LogP contribution in [0.3, 0.4) is 0 Å². The average molecular weight is 481 g/mol. The molecule has 1 aliphatic carbocycles. The predicted octanol–water partition coefficient (Wildman–Crippen LogP) is 2.29. The van der Waals surface area contributed by atoms with Gasteiger partial charge in [0.15, 0.2) is 6.10 Å². The number of amides is 2. The number of benzene rings is 2. The van der Waals surface area contributed by atoms with E-state index < -0.39 is 35.7 Å². The van der Waals surface area contributed by atoms with Crippen molar-refractivity contribution in [3.63, 3.8) is 0 Å². The van der Waals surface area contributed by atoms with Gasteiger partial charge in [-0.15, -0.1) is 0 Å². The highest BCUT2D eigenvalue weighted by atomic mass is 16.6. The van der Waals surface area contributed by atoms with Gasteiger partial charge in [0.1, 0.15) is 6.61 Å². The Morgan fingerprint density at radius 1 is 1.06 bits per heavy atom. The predicted molar refractivity (Wildman–Crippen MR) is 125 cm³/mol. The molecule has 2 aliphatic heterocycles. The third-order valence-electron chi connectivity index (χ3n) is 7.26. The van der Waals surface area contributed by atoms with Crippen LogP contribution < -0.4 is 10.6 Å². The number of rotatable bonds is 6. The van der Waals surface area contributed by atoms with Crippen LogP contribution in [0.25, 0.3) is 11.1 Å². The Kier molecular flexibility index (Phi) is 6.21. The lowest BCUT2D eigenvalue weighted by Gasteiger charge is -2.30. The van der Waals surface area contributed by atoms with E-state index in [1.165, 1.54) is 0 Å². The van der Waals surface area contributed by atoms with Crippen LogP contribution in [-0.2, 0) is 23.8 Å². The molecule has 3 N–H and O–H groups in total. The second-order valence-electron chi connectivity index (χ2n) is 9.45. The molecular formula is C26H28N2O7. The first kappa shape index (κ1) is 23.3. The number of ether oxygens (including phenoxy) is 3. The molecule has 0 spiro atoms. The molecule has 2 aromatic rings. The number of hydrogen-bond acceptors (Lipinski definition) is 6. The van der Waals surface area contributed by atoms with E-state index >= 15 is 0 Å². The summed E-state index contributed by atoms with van der Waals surface area (Å²) in [7, 11) is 0. The van der Waals surface area contributed by atoms with Crippen LogP contribution >= 0.6 is 0 Å². The highest BCUT2D eigenvalue weighted by molar-refractivity contribution is 5.86. The van der Waals surface area contributed by atoms with Gasteiger partial charge in [0.2, 0.25) is 5.91 Å². The molecule has 2 unspecified atom stereocenters. The summed E-state index contributed by atoms with van der Waals surface area (Å²) in [5.74, 6) is -1.58. The van der Waals surface area contributed by atoms with Gasteiger partial charge in [-0.2, -0.15) is 0 Å². The molecule has 0 saturated carbocycles. The van der Waals surface area contributed by atoms with Gasteiger partial charge in [0.25, 0.3) is 0 Å². The molecule has 184 valence electrons. The topological polar surface area (TPSA) is 123 Å². The maximum absolute atomic E-state index is 13.1. The summed E-state index contributed by atoms with van der Waals surface area (Å²) < 4.78 is 16.4. The van der Waals surface area contributed by atoms with Gasteiger partial charge < -0.3 is 30.0 Å². The highest BCUT2D eigenvalue weighted by Gasteiger charge is 2.49. The van der Waals surface area contributed by atoms with Gasteiger partial charge in [0.05, 0.1) is 30.7 Å². The van der Waals surface area contributed by atoms with Gasteiger partial charge in [-0.3, -0.25) is 4.79 Å². The second-order valence-corrected chi connectivity index (χ2v) is 9.45. The molecule has 2 fully saturated rings. The van der Waals surface area contributed by atoms with Crippen molar-refractivity contribution in [2.45, 2.75) is 37.5 Å². The fourth-order valence-corrected chi connectivity index (χ4v) is 5.19. The minimum Gasteiger partial charge on any atom is -0.479 e.